The smallest absolute Gasteiger partial charge is 0.329 e. The van der Waals surface area contributed by atoms with Gasteiger partial charge in [-0.15, -0.1) is 0 Å². The van der Waals surface area contributed by atoms with Gasteiger partial charge >= 0.3 is 5.97 Å². The molecule has 0 spiro atoms. The van der Waals surface area contributed by atoms with Crippen molar-refractivity contribution >= 4 is 5.97 Å². The zero-order valence-corrected chi connectivity index (χ0v) is 7.17. The summed E-state index contributed by atoms with van der Waals surface area (Å²) < 4.78 is 30.5. The molecule has 1 aliphatic heterocycles. The molecular weight excluding hydrogens is 184 g/mol. The number of ether oxygens (including phenoxy) is 1. The summed E-state index contributed by atoms with van der Waals surface area (Å²) >= 11 is 0. The lowest BCUT2D eigenvalue weighted by molar-refractivity contribution is -0.152. The maximum atomic E-state index is 13.0. The molecule has 1 rings (SSSR count). The number of carboxylic acid groups (broad SMARTS) is 1. The first-order valence-electron chi connectivity index (χ1n) is 3.81. The average molecular weight is 195 g/mol. The molecule has 1 atom stereocenters. The van der Waals surface area contributed by atoms with E-state index in [1.165, 1.54) is 11.9 Å². The lowest BCUT2D eigenvalue weighted by Crippen LogP contribution is -2.35. The Balaban J connectivity index is 2.45. The maximum absolute atomic E-state index is 13.0. The summed E-state index contributed by atoms with van der Waals surface area (Å²) in [4.78, 5) is 11.5. The Hall–Kier alpha value is -0.750. The van der Waals surface area contributed by atoms with Crippen LogP contribution in [-0.2, 0) is 9.53 Å². The molecule has 0 saturated carbocycles. The number of alkyl halides is 2. The third kappa shape index (κ3) is 2.60. The average Bonchev–Trinajstić information content (AvgIpc) is 2.19. The SMILES string of the molecule is CN1CC(OCC(=O)O)C(F)(F)C1. The van der Waals surface area contributed by atoms with Gasteiger partial charge in [0.05, 0.1) is 6.54 Å². The Labute approximate surface area is 74.1 Å². The fourth-order valence-electron chi connectivity index (χ4n) is 1.29. The van der Waals surface area contributed by atoms with Crippen LogP contribution in [0, 0.1) is 0 Å². The fourth-order valence-corrected chi connectivity index (χ4v) is 1.29. The molecule has 0 aromatic heterocycles. The number of rotatable bonds is 3. The lowest BCUT2D eigenvalue weighted by atomic mass is 10.2. The summed E-state index contributed by atoms with van der Waals surface area (Å²) in [5.41, 5.74) is 0. The minimum Gasteiger partial charge on any atom is -0.480 e. The maximum Gasteiger partial charge on any atom is 0.329 e. The van der Waals surface area contributed by atoms with Gasteiger partial charge in [-0.05, 0) is 7.05 Å². The minimum absolute atomic E-state index is 0.0697. The Kier molecular flexibility index (Phi) is 2.82. The highest BCUT2D eigenvalue weighted by atomic mass is 19.3. The van der Waals surface area contributed by atoms with Crippen LogP contribution in [0.3, 0.4) is 0 Å². The van der Waals surface area contributed by atoms with Crippen LogP contribution in [0.2, 0.25) is 0 Å². The zero-order valence-electron chi connectivity index (χ0n) is 7.17. The molecule has 1 unspecified atom stereocenters. The van der Waals surface area contributed by atoms with Gasteiger partial charge in [0.15, 0.2) is 0 Å². The monoisotopic (exact) mass is 195 g/mol. The van der Waals surface area contributed by atoms with Crippen molar-refractivity contribution in [1.29, 1.82) is 0 Å². The van der Waals surface area contributed by atoms with E-state index in [9.17, 15) is 13.6 Å². The predicted octanol–water partition coefficient (Wildman–Crippen LogP) is 0.0369. The van der Waals surface area contributed by atoms with Crippen LogP contribution in [0.5, 0.6) is 0 Å². The number of hydrogen-bond donors (Lipinski definition) is 1. The van der Waals surface area contributed by atoms with Gasteiger partial charge in [0.25, 0.3) is 5.92 Å². The number of carboxylic acids is 1. The van der Waals surface area contributed by atoms with Crippen molar-refractivity contribution in [3.05, 3.63) is 0 Å². The highest BCUT2D eigenvalue weighted by molar-refractivity contribution is 5.68. The topological polar surface area (TPSA) is 49.8 Å². The van der Waals surface area contributed by atoms with Gasteiger partial charge in [0, 0.05) is 6.54 Å². The molecule has 1 N–H and O–H groups in total. The Bertz CT molecular complexity index is 210. The van der Waals surface area contributed by atoms with Crippen LogP contribution < -0.4 is 0 Å². The molecule has 0 amide bonds. The van der Waals surface area contributed by atoms with Crippen LogP contribution >= 0.6 is 0 Å². The number of likely N-dealkylation sites (N-methyl/N-ethyl adjacent to an activating group) is 1. The van der Waals surface area contributed by atoms with Crippen LogP contribution in [0.1, 0.15) is 0 Å². The van der Waals surface area contributed by atoms with Crippen molar-refractivity contribution in [2.45, 2.75) is 12.0 Å². The van der Waals surface area contributed by atoms with E-state index < -0.39 is 24.6 Å². The van der Waals surface area contributed by atoms with Gasteiger partial charge in [-0.1, -0.05) is 0 Å². The van der Waals surface area contributed by atoms with Crippen molar-refractivity contribution in [1.82, 2.24) is 4.90 Å². The molecule has 0 aliphatic carbocycles. The first-order valence-corrected chi connectivity index (χ1v) is 3.81. The molecule has 1 saturated heterocycles. The summed E-state index contributed by atoms with van der Waals surface area (Å²) in [5.74, 6) is -4.17. The van der Waals surface area contributed by atoms with E-state index in [0.29, 0.717) is 0 Å². The van der Waals surface area contributed by atoms with Crippen LogP contribution in [0.4, 0.5) is 8.78 Å². The molecule has 1 heterocycles. The van der Waals surface area contributed by atoms with Crippen LogP contribution in [-0.4, -0.2) is 54.7 Å². The van der Waals surface area contributed by atoms with Gasteiger partial charge in [0.2, 0.25) is 0 Å². The van der Waals surface area contributed by atoms with Crippen molar-refractivity contribution in [3.63, 3.8) is 0 Å². The molecule has 13 heavy (non-hydrogen) atoms. The van der Waals surface area contributed by atoms with Crippen molar-refractivity contribution in [3.8, 4) is 0 Å². The van der Waals surface area contributed by atoms with Crippen molar-refractivity contribution < 1.29 is 23.4 Å². The molecule has 1 aliphatic rings. The van der Waals surface area contributed by atoms with E-state index in [0.717, 1.165) is 0 Å². The van der Waals surface area contributed by atoms with E-state index in [1.54, 1.807) is 0 Å². The van der Waals surface area contributed by atoms with Gasteiger partial charge in [0.1, 0.15) is 12.7 Å². The van der Waals surface area contributed by atoms with E-state index in [1.807, 2.05) is 0 Å². The normalized spacial score (nSPS) is 27.8. The predicted molar refractivity (Wildman–Crippen MR) is 39.8 cm³/mol. The van der Waals surface area contributed by atoms with E-state index in [-0.39, 0.29) is 13.1 Å². The number of aliphatic carboxylic acids is 1. The largest absolute Gasteiger partial charge is 0.480 e. The molecule has 0 aromatic carbocycles. The second kappa shape index (κ2) is 3.55. The first kappa shape index (κ1) is 10.3. The Morgan fingerprint density at radius 2 is 2.38 bits per heavy atom. The third-order valence-electron chi connectivity index (χ3n) is 1.84. The summed E-state index contributed by atoms with van der Waals surface area (Å²) in [6, 6.07) is 0. The van der Waals surface area contributed by atoms with E-state index >= 15 is 0 Å². The first-order chi connectivity index (χ1) is 5.92. The third-order valence-corrected chi connectivity index (χ3v) is 1.84. The summed E-state index contributed by atoms with van der Waals surface area (Å²) in [5, 5.41) is 8.23. The number of likely N-dealkylation sites (tertiary alicyclic amines) is 1. The molecule has 0 radical (unpaired) electrons. The molecule has 0 aromatic rings. The van der Waals surface area contributed by atoms with Crippen LogP contribution in [0.25, 0.3) is 0 Å². The molecule has 6 heteroatoms. The van der Waals surface area contributed by atoms with Crippen LogP contribution in [0.15, 0.2) is 0 Å². The number of hydrogen-bond acceptors (Lipinski definition) is 3. The quantitative estimate of drug-likeness (QED) is 0.690. The van der Waals surface area contributed by atoms with Gasteiger partial charge in [-0.25, -0.2) is 13.6 Å². The Morgan fingerprint density at radius 3 is 2.77 bits per heavy atom. The van der Waals surface area contributed by atoms with Crippen molar-refractivity contribution in [2.75, 3.05) is 26.7 Å². The summed E-state index contributed by atoms with van der Waals surface area (Å²) in [6.07, 6.45) is -1.30. The number of nitrogens with zero attached hydrogens (tertiary/aromatic N) is 1. The summed E-state index contributed by atoms with van der Waals surface area (Å²) in [7, 11) is 1.54. The molecule has 0 bridgehead atoms. The molecule has 76 valence electrons. The second-order valence-corrected chi connectivity index (χ2v) is 3.15. The number of halogens is 2. The summed E-state index contributed by atoms with van der Waals surface area (Å²) in [6.45, 7) is -0.980. The molecule has 4 nitrogen and oxygen atoms in total. The molecular formula is C7H11F2NO3. The minimum atomic E-state index is -2.94. The Morgan fingerprint density at radius 1 is 1.77 bits per heavy atom. The van der Waals surface area contributed by atoms with E-state index in [2.05, 4.69) is 4.74 Å². The second-order valence-electron chi connectivity index (χ2n) is 3.15. The highest BCUT2D eigenvalue weighted by Crippen LogP contribution is 2.28. The van der Waals surface area contributed by atoms with Gasteiger partial charge < -0.3 is 9.84 Å². The standard InChI is InChI=1S/C7H11F2NO3/c1-10-2-5(7(8,9)4-10)13-3-6(11)12/h5H,2-4H2,1H3,(H,11,12). The lowest BCUT2D eigenvalue weighted by Gasteiger charge is -2.16. The van der Waals surface area contributed by atoms with Gasteiger partial charge in [-0.3, -0.25) is 4.90 Å². The number of carbonyl (C=O) groups is 1. The zero-order chi connectivity index (χ0) is 10.1. The molecule has 1 fully saturated rings. The van der Waals surface area contributed by atoms with E-state index in [4.69, 9.17) is 5.11 Å². The fraction of sp³-hybridized carbons (Fsp3) is 0.857. The highest BCUT2D eigenvalue weighted by Gasteiger charge is 2.47. The van der Waals surface area contributed by atoms with Crippen molar-refractivity contribution in [2.24, 2.45) is 0 Å². The van der Waals surface area contributed by atoms with Gasteiger partial charge in [-0.2, -0.15) is 0 Å².